The Morgan fingerprint density at radius 2 is 1.85 bits per heavy atom. The molecule has 33 heavy (non-hydrogen) atoms. The van der Waals surface area contributed by atoms with Crippen molar-refractivity contribution in [3.05, 3.63) is 59.9 Å². The van der Waals surface area contributed by atoms with Gasteiger partial charge in [0.15, 0.2) is 0 Å². The summed E-state index contributed by atoms with van der Waals surface area (Å²) in [6.45, 7) is 5.39. The Morgan fingerprint density at radius 1 is 1.06 bits per heavy atom. The summed E-state index contributed by atoms with van der Waals surface area (Å²) in [4.78, 5) is 38.3. The number of piperidine rings is 1. The van der Waals surface area contributed by atoms with Crippen molar-refractivity contribution in [2.75, 3.05) is 24.6 Å². The lowest BCUT2D eigenvalue weighted by atomic mass is 9.94. The third kappa shape index (κ3) is 4.18. The van der Waals surface area contributed by atoms with Crippen LogP contribution in [0.15, 0.2) is 37.1 Å². The second-order valence-electron chi connectivity index (χ2n) is 8.48. The second-order valence-corrected chi connectivity index (χ2v) is 8.48. The molecule has 0 N–H and O–H groups in total. The maximum atomic E-state index is 14.0. The van der Waals surface area contributed by atoms with E-state index in [1.54, 1.807) is 25.6 Å². The monoisotopic (exact) mass is 451 g/mol. The minimum Gasteiger partial charge on any atom is -0.356 e. The second kappa shape index (κ2) is 8.86. The van der Waals surface area contributed by atoms with Crippen molar-refractivity contribution in [3.8, 4) is 5.82 Å². The largest absolute Gasteiger partial charge is 0.356 e. The number of hydrogen-bond acceptors (Lipinski definition) is 7. The van der Waals surface area contributed by atoms with Crippen molar-refractivity contribution in [2.24, 2.45) is 5.92 Å². The topological polar surface area (TPSA) is 89.3 Å². The Labute approximate surface area is 191 Å². The minimum absolute atomic E-state index is 0.0458. The van der Waals surface area contributed by atoms with Gasteiger partial charge >= 0.3 is 0 Å². The van der Waals surface area contributed by atoms with Crippen LogP contribution in [-0.4, -0.2) is 55.2 Å². The highest BCUT2D eigenvalue weighted by Crippen LogP contribution is 2.34. The summed E-state index contributed by atoms with van der Waals surface area (Å²) < 4.78 is 15.9. The fourth-order valence-corrected chi connectivity index (χ4v) is 4.49. The summed E-state index contributed by atoms with van der Waals surface area (Å²) in [7, 11) is 0. The van der Waals surface area contributed by atoms with Crippen LogP contribution in [0.25, 0.3) is 5.82 Å². The van der Waals surface area contributed by atoms with Crippen molar-refractivity contribution in [2.45, 2.75) is 39.2 Å². The van der Waals surface area contributed by atoms with Gasteiger partial charge in [-0.2, -0.15) is 0 Å². The summed E-state index contributed by atoms with van der Waals surface area (Å²) in [5.74, 6) is 1.89. The number of hydrogen-bond donors (Lipinski definition) is 0. The molecular weight excluding hydrogens is 425 g/mol. The maximum Gasteiger partial charge on any atom is 0.249 e. The first kappa shape index (κ1) is 21.4. The number of rotatable bonds is 4. The average Bonchev–Trinajstić information content (AvgIpc) is 3.50. The average molecular weight is 452 g/mol. The Kier molecular flexibility index (Phi) is 5.76. The van der Waals surface area contributed by atoms with Crippen LogP contribution in [-0.2, 0) is 9.63 Å². The highest BCUT2D eigenvalue weighted by atomic mass is 19.1. The molecule has 0 aliphatic carbocycles. The number of amides is 1. The van der Waals surface area contributed by atoms with Crippen LogP contribution in [0.3, 0.4) is 0 Å². The molecule has 2 aliphatic heterocycles. The molecule has 1 amide bonds. The van der Waals surface area contributed by atoms with Crippen LogP contribution >= 0.6 is 0 Å². The lowest BCUT2D eigenvalue weighted by Gasteiger charge is -2.34. The molecule has 5 heterocycles. The molecule has 5 rings (SSSR count). The van der Waals surface area contributed by atoms with Gasteiger partial charge in [0.25, 0.3) is 0 Å². The zero-order chi connectivity index (χ0) is 22.9. The smallest absolute Gasteiger partial charge is 0.249 e. The molecule has 3 aromatic heterocycles. The van der Waals surface area contributed by atoms with E-state index < -0.39 is 0 Å². The van der Waals surface area contributed by atoms with E-state index in [1.165, 1.54) is 11.1 Å². The molecule has 0 unspecified atom stereocenters. The predicted molar refractivity (Wildman–Crippen MR) is 118 cm³/mol. The van der Waals surface area contributed by atoms with E-state index >= 15 is 0 Å². The fourth-order valence-electron chi connectivity index (χ4n) is 4.49. The SMILES string of the molecule is Cc1ncc([C@@H]2CCON2C(=O)C2CCN(c3cc(-n4ccnc4C)ncn3)CC2)cc1F. The number of imidazole rings is 1. The molecule has 0 spiro atoms. The van der Waals surface area contributed by atoms with Crippen LogP contribution < -0.4 is 4.90 Å². The first-order chi connectivity index (χ1) is 16.0. The first-order valence-electron chi connectivity index (χ1n) is 11.2. The molecule has 1 atom stereocenters. The zero-order valence-corrected chi connectivity index (χ0v) is 18.7. The van der Waals surface area contributed by atoms with Gasteiger partial charge in [-0.3, -0.25) is 19.2 Å². The van der Waals surface area contributed by atoms with Crippen molar-refractivity contribution in [1.82, 2.24) is 29.6 Å². The summed E-state index contributed by atoms with van der Waals surface area (Å²) in [6.07, 6.45) is 8.81. The Balaban J connectivity index is 1.25. The van der Waals surface area contributed by atoms with Gasteiger partial charge in [0.2, 0.25) is 5.91 Å². The van der Waals surface area contributed by atoms with Crippen LogP contribution in [0.2, 0.25) is 0 Å². The number of nitrogens with zero attached hydrogens (tertiary/aromatic N) is 7. The fraction of sp³-hybridized carbons (Fsp3) is 0.435. The third-order valence-corrected chi connectivity index (χ3v) is 6.43. The molecular formula is C23H26FN7O2. The molecule has 0 aromatic carbocycles. The summed E-state index contributed by atoms with van der Waals surface area (Å²) in [6, 6.07) is 3.09. The number of aryl methyl sites for hydroxylation is 2. The number of anilines is 1. The summed E-state index contributed by atoms with van der Waals surface area (Å²) in [5.41, 5.74) is 1.02. The van der Waals surface area contributed by atoms with Gasteiger partial charge in [-0.1, -0.05) is 0 Å². The number of halogens is 1. The van der Waals surface area contributed by atoms with E-state index in [-0.39, 0.29) is 23.7 Å². The van der Waals surface area contributed by atoms with Gasteiger partial charge in [0.05, 0.1) is 18.3 Å². The van der Waals surface area contributed by atoms with E-state index in [0.717, 1.165) is 17.5 Å². The number of hydroxylamine groups is 2. The molecule has 2 saturated heterocycles. The molecule has 10 heteroatoms. The van der Waals surface area contributed by atoms with Gasteiger partial charge in [-0.25, -0.2) is 24.4 Å². The van der Waals surface area contributed by atoms with Crippen molar-refractivity contribution in [3.63, 3.8) is 0 Å². The van der Waals surface area contributed by atoms with E-state index in [4.69, 9.17) is 4.84 Å². The highest BCUT2D eigenvalue weighted by molar-refractivity contribution is 5.79. The predicted octanol–water partition coefficient (Wildman–Crippen LogP) is 2.93. The van der Waals surface area contributed by atoms with Crippen molar-refractivity contribution in [1.29, 1.82) is 0 Å². The maximum absolute atomic E-state index is 14.0. The van der Waals surface area contributed by atoms with Crippen LogP contribution in [0, 0.1) is 25.6 Å². The van der Waals surface area contributed by atoms with Gasteiger partial charge in [0, 0.05) is 50.1 Å². The lowest BCUT2D eigenvalue weighted by molar-refractivity contribution is -0.182. The number of carbonyl (C=O) groups excluding carboxylic acids is 1. The first-order valence-corrected chi connectivity index (χ1v) is 11.2. The van der Waals surface area contributed by atoms with Gasteiger partial charge in [0.1, 0.15) is 29.6 Å². The quantitative estimate of drug-likeness (QED) is 0.603. The zero-order valence-electron chi connectivity index (χ0n) is 18.7. The minimum atomic E-state index is -0.366. The van der Waals surface area contributed by atoms with E-state index in [1.807, 2.05) is 23.8 Å². The summed E-state index contributed by atoms with van der Waals surface area (Å²) >= 11 is 0. The molecule has 0 radical (unpaired) electrons. The van der Waals surface area contributed by atoms with E-state index in [2.05, 4.69) is 24.8 Å². The molecule has 0 saturated carbocycles. The Morgan fingerprint density at radius 3 is 2.58 bits per heavy atom. The molecule has 172 valence electrons. The molecule has 0 bridgehead atoms. The normalized spacial score (nSPS) is 19.3. The Bertz CT molecular complexity index is 1160. The van der Waals surface area contributed by atoms with E-state index in [9.17, 15) is 9.18 Å². The molecule has 9 nitrogen and oxygen atoms in total. The standard InChI is InChI=1S/C23H26FN7O2/c1-15-19(24)11-18(13-26-15)20-5-10-33-31(20)23(32)17-3-7-29(8-4-17)21-12-22(28-14-27-21)30-9-6-25-16(30)2/h6,9,11-14,17,20H,3-5,7-8,10H2,1-2H3/t20-/m0/s1. The van der Waals surface area contributed by atoms with E-state index in [0.29, 0.717) is 50.2 Å². The molecule has 2 aliphatic rings. The highest BCUT2D eigenvalue weighted by Gasteiger charge is 2.37. The molecule has 2 fully saturated rings. The van der Waals surface area contributed by atoms with Crippen LogP contribution in [0.4, 0.5) is 10.2 Å². The van der Waals surface area contributed by atoms with Crippen LogP contribution in [0.1, 0.15) is 42.4 Å². The summed E-state index contributed by atoms with van der Waals surface area (Å²) in [5, 5.41) is 1.44. The van der Waals surface area contributed by atoms with Gasteiger partial charge in [-0.15, -0.1) is 0 Å². The van der Waals surface area contributed by atoms with Gasteiger partial charge in [-0.05, 0) is 38.3 Å². The number of carbonyl (C=O) groups is 1. The third-order valence-electron chi connectivity index (χ3n) is 6.43. The van der Waals surface area contributed by atoms with Crippen LogP contribution in [0.5, 0.6) is 0 Å². The molecule has 3 aromatic rings. The van der Waals surface area contributed by atoms with Crippen molar-refractivity contribution >= 4 is 11.7 Å². The Hall–Kier alpha value is -3.40. The van der Waals surface area contributed by atoms with Gasteiger partial charge < -0.3 is 4.90 Å². The number of aromatic nitrogens is 5. The lowest BCUT2D eigenvalue weighted by Crippen LogP contribution is -2.42. The van der Waals surface area contributed by atoms with Crippen molar-refractivity contribution < 1.29 is 14.0 Å². The number of pyridine rings is 1.